The van der Waals surface area contributed by atoms with Crippen LogP contribution in [-0.4, -0.2) is 58.3 Å². The zero-order valence-corrected chi connectivity index (χ0v) is 19.7. The first-order valence-electron chi connectivity index (χ1n) is 11.8. The summed E-state index contributed by atoms with van der Waals surface area (Å²) in [5.74, 6) is -0.668. The molecular weight excluding hydrogens is 454 g/mol. The van der Waals surface area contributed by atoms with Crippen LogP contribution in [0.3, 0.4) is 0 Å². The van der Waals surface area contributed by atoms with Crippen molar-refractivity contribution in [1.82, 2.24) is 25.3 Å². The van der Waals surface area contributed by atoms with Crippen molar-refractivity contribution >= 4 is 23.3 Å². The number of halogens is 2. The normalized spacial score (nSPS) is 16.1. The van der Waals surface area contributed by atoms with E-state index >= 15 is 0 Å². The standard InChI is InChI=1S/C24H28F2N8O/c1-14(2)34-7-8-35-22-18(25)9-15(10-20(22)34)21-19(26)13-30-24(32-21)33-23-28-11-17(12-29-23)31-16-3-5-27-6-4-16/h9-14,16,27,31H,3-8H2,1-2H3,(H,28,29,30,32,33). The van der Waals surface area contributed by atoms with E-state index in [2.05, 4.69) is 35.9 Å². The lowest BCUT2D eigenvalue weighted by Gasteiger charge is -2.34. The molecular formula is C24H28F2N8O. The molecule has 0 saturated carbocycles. The van der Waals surface area contributed by atoms with Crippen molar-refractivity contribution in [3.05, 3.63) is 42.4 Å². The van der Waals surface area contributed by atoms with Crippen molar-refractivity contribution in [2.45, 2.75) is 38.8 Å². The average molecular weight is 483 g/mol. The average Bonchev–Trinajstić information content (AvgIpc) is 2.86. The number of nitrogens with one attached hydrogen (secondary N) is 3. The van der Waals surface area contributed by atoms with Crippen LogP contribution in [0.15, 0.2) is 30.7 Å². The first kappa shape index (κ1) is 23.2. The van der Waals surface area contributed by atoms with E-state index in [1.165, 1.54) is 6.07 Å². The lowest BCUT2D eigenvalue weighted by Crippen LogP contribution is -2.38. The number of fused-ring (bicyclic) bond motifs is 1. The van der Waals surface area contributed by atoms with Gasteiger partial charge in [-0.15, -0.1) is 0 Å². The molecule has 184 valence electrons. The second kappa shape index (κ2) is 9.95. The van der Waals surface area contributed by atoms with E-state index in [0.29, 0.717) is 30.4 Å². The Morgan fingerprint density at radius 1 is 1.03 bits per heavy atom. The summed E-state index contributed by atoms with van der Waals surface area (Å²) < 4.78 is 35.1. The third-order valence-electron chi connectivity index (χ3n) is 6.14. The molecule has 11 heteroatoms. The summed E-state index contributed by atoms with van der Waals surface area (Å²) in [5.41, 5.74) is 1.67. The van der Waals surface area contributed by atoms with Gasteiger partial charge in [0.25, 0.3) is 0 Å². The minimum Gasteiger partial charge on any atom is -0.486 e. The molecule has 0 amide bonds. The zero-order chi connectivity index (χ0) is 24.4. The van der Waals surface area contributed by atoms with Crippen LogP contribution in [-0.2, 0) is 0 Å². The molecule has 0 unspecified atom stereocenters. The first-order chi connectivity index (χ1) is 17.0. The molecule has 9 nitrogen and oxygen atoms in total. The van der Waals surface area contributed by atoms with E-state index in [-0.39, 0.29) is 29.4 Å². The number of piperidine rings is 1. The molecule has 0 bridgehead atoms. The van der Waals surface area contributed by atoms with Gasteiger partial charge >= 0.3 is 0 Å². The Balaban J connectivity index is 1.37. The first-order valence-corrected chi connectivity index (χ1v) is 11.8. The summed E-state index contributed by atoms with van der Waals surface area (Å²) in [5, 5.41) is 9.66. The number of ether oxygens (including phenoxy) is 1. The Labute approximate surface area is 202 Å². The summed E-state index contributed by atoms with van der Waals surface area (Å²) in [6.45, 7) is 7.01. The molecule has 2 aromatic heterocycles. The Kier molecular flexibility index (Phi) is 6.58. The minimum atomic E-state index is -0.662. The second-order valence-corrected chi connectivity index (χ2v) is 8.92. The molecule has 0 radical (unpaired) electrons. The number of anilines is 4. The highest BCUT2D eigenvalue weighted by molar-refractivity contribution is 5.73. The van der Waals surface area contributed by atoms with Crippen molar-refractivity contribution < 1.29 is 13.5 Å². The van der Waals surface area contributed by atoms with Crippen LogP contribution in [0.5, 0.6) is 5.75 Å². The molecule has 0 aliphatic carbocycles. The van der Waals surface area contributed by atoms with E-state index in [4.69, 9.17) is 4.74 Å². The Bertz CT molecular complexity index is 1180. The quantitative estimate of drug-likeness (QED) is 0.485. The fourth-order valence-electron chi connectivity index (χ4n) is 4.37. The number of hydrogen-bond donors (Lipinski definition) is 3. The molecule has 2 aliphatic rings. The van der Waals surface area contributed by atoms with E-state index in [1.807, 2.05) is 18.7 Å². The van der Waals surface area contributed by atoms with Crippen molar-refractivity contribution in [2.24, 2.45) is 0 Å². The molecule has 35 heavy (non-hydrogen) atoms. The number of nitrogens with zero attached hydrogens (tertiary/aromatic N) is 5. The lowest BCUT2D eigenvalue weighted by molar-refractivity contribution is 0.287. The van der Waals surface area contributed by atoms with Gasteiger partial charge in [0.05, 0.1) is 36.5 Å². The number of hydrogen-bond acceptors (Lipinski definition) is 9. The Hall–Kier alpha value is -3.60. The van der Waals surface area contributed by atoms with Gasteiger partial charge in [-0.2, -0.15) is 0 Å². The Morgan fingerprint density at radius 3 is 2.51 bits per heavy atom. The predicted octanol–water partition coefficient (Wildman–Crippen LogP) is 3.73. The zero-order valence-electron chi connectivity index (χ0n) is 19.7. The van der Waals surface area contributed by atoms with Gasteiger partial charge < -0.3 is 20.3 Å². The second-order valence-electron chi connectivity index (χ2n) is 8.92. The van der Waals surface area contributed by atoms with Gasteiger partial charge in [0, 0.05) is 17.6 Å². The molecule has 3 aromatic rings. The predicted molar refractivity (Wildman–Crippen MR) is 130 cm³/mol. The topological polar surface area (TPSA) is 100 Å². The van der Waals surface area contributed by atoms with Crippen LogP contribution in [0.25, 0.3) is 11.3 Å². The van der Waals surface area contributed by atoms with Gasteiger partial charge in [-0.1, -0.05) is 0 Å². The molecule has 5 rings (SSSR count). The summed E-state index contributed by atoms with van der Waals surface area (Å²) in [6, 6.07) is 3.44. The highest BCUT2D eigenvalue weighted by Gasteiger charge is 2.25. The SMILES string of the molecule is CC(C)N1CCOc2c(F)cc(-c3nc(Nc4ncc(NC5CCNCC5)cn4)ncc3F)cc21. The van der Waals surface area contributed by atoms with Gasteiger partial charge in [-0.25, -0.2) is 28.7 Å². The van der Waals surface area contributed by atoms with Crippen LogP contribution in [0.4, 0.5) is 32.1 Å². The van der Waals surface area contributed by atoms with Gasteiger partial charge in [-0.3, -0.25) is 5.32 Å². The third-order valence-corrected chi connectivity index (χ3v) is 6.14. The summed E-state index contributed by atoms with van der Waals surface area (Å²) in [7, 11) is 0. The van der Waals surface area contributed by atoms with Crippen LogP contribution in [0.1, 0.15) is 26.7 Å². The molecule has 4 heterocycles. The number of benzene rings is 1. The number of aromatic nitrogens is 4. The van der Waals surface area contributed by atoms with Crippen molar-refractivity contribution in [1.29, 1.82) is 0 Å². The van der Waals surface area contributed by atoms with Gasteiger partial charge in [0.15, 0.2) is 17.4 Å². The fraction of sp³-hybridized carbons (Fsp3) is 0.417. The van der Waals surface area contributed by atoms with Gasteiger partial charge in [0.2, 0.25) is 11.9 Å². The third kappa shape index (κ3) is 5.09. The molecule has 0 spiro atoms. The maximum atomic E-state index is 14.9. The highest BCUT2D eigenvalue weighted by atomic mass is 19.1. The summed E-state index contributed by atoms with van der Waals surface area (Å²) >= 11 is 0. The maximum Gasteiger partial charge on any atom is 0.230 e. The maximum absolute atomic E-state index is 14.9. The molecule has 1 saturated heterocycles. The highest BCUT2D eigenvalue weighted by Crippen LogP contribution is 2.39. The van der Waals surface area contributed by atoms with E-state index in [0.717, 1.165) is 37.8 Å². The van der Waals surface area contributed by atoms with Crippen LogP contribution < -0.4 is 25.6 Å². The van der Waals surface area contributed by atoms with Crippen molar-refractivity contribution in [3.8, 4) is 17.0 Å². The van der Waals surface area contributed by atoms with Gasteiger partial charge in [0.1, 0.15) is 12.3 Å². The monoisotopic (exact) mass is 482 g/mol. The fourth-order valence-corrected chi connectivity index (χ4v) is 4.37. The van der Waals surface area contributed by atoms with Crippen LogP contribution in [0.2, 0.25) is 0 Å². The molecule has 2 aliphatic heterocycles. The van der Waals surface area contributed by atoms with Crippen molar-refractivity contribution in [3.63, 3.8) is 0 Å². The van der Waals surface area contributed by atoms with Gasteiger partial charge in [-0.05, 0) is 51.9 Å². The Morgan fingerprint density at radius 2 is 1.77 bits per heavy atom. The largest absolute Gasteiger partial charge is 0.486 e. The lowest BCUT2D eigenvalue weighted by atomic mass is 10.1. The minimum absolute atomic E-state index is 0.0253. The van der Waals surface area contributed by atoms with E-state index in [1.54, 1.807) is 18.5 Å². The van der Waals surface area contributed by atoms with Crippen LogP contribution >= 0.6 is 0 Å². The van der Waals surface area contributed by atoms with Crippen LogP contribution in [0, 0.1) is 11.6 Å². The number of rotatable bonds is 6. The van der Waals surface area contributed by atoms with Crippen molar-refractivity contribution in [2.75, 3.05) is 41.8 Å². The molecule has 3 N–H and O–H groups in total. The van der Waals surface area contributed by atoms with E-state index in [9.17, 15) is 8.78 Å². The smallest absolute Gasteiger partial charge is 0.230 e. The molecule has 0 atom stereocenters. The molecule has 1 fully saturated rings. The van der Waals surface area contributed by atoms with E-state index < -0.39 is 11.6 Å². The molecule has 1 aromatic carbocycles. The summed E-state index contributed by atoms with van der Waals surface area (Å²) in [6.07, 6.45) is 6.49. The summed E-state index contributed by atoms with van der Waals surface area (Å²) in [4.78, 5) is 18.9.